The number of aryl methyl sites for hydroxylation is 2. The molecule has 0 atom stereocenters. The third kappa shape index (κ3) is 3.31. The quantitative estimate of drug-likeness (QED) is 0.862. The van der Waals surface area contributed by atoms with Gasteiger partial charge in [0.05, 0.1) is 12.2 Å². The van der Waals surface area contributed by atoms with Gasteiger partial charge in [0.25, 0.3) is 0 Å². The van der Waals surface area contributed by atoms with E-state index in [0.29, 0.717) is 16.4 Å². The van der Waals surface area contributed by atoms with Gasteiger partial charge in [0, 0.05) is 19.4 Å². The van der Waals surface area contributed by atoms with E-state index in [0.717, 1.165) is 0 Å². The van der Waals surface area contributed by atoms with Crippen molar-refractivity contribution in [1.29, 1.82) is 0 Å². The van der Waals surface area contributed by atoms with E-state index >= 15 is 0 Å². The molecule has 19 heavy (non-hydrogen) atoms. The molecular formula is C11H13ClN4O2S. The fourth-order valence-electron chi connectivity index (χ4n) is 1.49. The molecule has 0 bridgehead atoms. The van der Waals surface area contributed by atoms with Crippen LogP contribution in [0.3, 0.4) is 0 Å². The maximum atomic E-state index is 12.0. The number of rotatable bonds is 4. The van der Waals surface area contributed by atoms with Crippen LogP contribution >= 0.6 is 11.6 Å². The minimum Gasteiger partial charge on any atom is -0.276 e. The number of sulfonamides is 1. The Morgan fingerprint density at radius 3 is 2.79 bits per heavy atom. The number of hydrogen-bond donors (Lipinski definition) is 1. The summed E-state index contributed by atoms with van der Waals surface area (Å²) in [7, 11) is -1.84. The SMILES string of the molecule is Cc1cc(S(=O)(=O)NCc2ccn(C)n2)cnc1Cl. The molecule has 8 heteroatoms. The molecule has 2 aromatic heterocycles. The molecule has 0 aliphatic heterocycles. The van der Waals surface area contributed by atoms with Gasteiger partial charge >= 0.3 is 0 Å². The summed E-state index contributed by atoms with van der Waals surface area (Å²) in [5.74, 6) is 0. The Morgan fingerprint density at radius 1 is 1.47 bits per heavy atom. The van der Waals surface area contributed by atoms with Crippen LogP contribution in [0.4, 0.5) is 0 Å². The Bertz CT molecular complexity index is 696. The van der Waals surface area contributed by atoms with Gasteiger partial charge in [0.1, 0.15) is 10.0 Å². The van der Waals surface area contributed by atoms with E-state index in [2.05, 4.69) is 14.8 Å². The molecule has 0 aliphatic carbocycles. The zero-order chi connectivity index (χ0) is 14.0. The second-order valence-corrected chi connectivity index (χ2v) is 6.21. The molecule has 0 saturated carbocycles. The Balaban J connectivity index is 2.16. The second-order valence-electron chi connectivity index (χ2n) is 4.08. The van der Waals surface area contributed by atoms with E-state index < -0.39 is 10.0 Å². The lowest BCUT2D eigenvalue weighted by Gasteiger charge is -2.06. The normalized spacial score (nSPS) is 11.7. The number of aromatic nitrogens is 3. The van der Waals surface area contributed by atoms with Gasteiger partial charge in [-0.1, -0.05) is 11.6 Å². The maximum absolute atomic E-state index is 12.0. The van der Waals surface area contributed by atoms with Crippen LogP contribution < -0.4 is 4.72 Å². The molecule has 6 nitrogen and oxygen atoms in total. The van der Waals surface area contributed by atoms with Gasteiger partial charge in [-0.3, -0.25) is 4.68 Å². The molecule has 0 unspecified atom stereocenters. The minimum absolute atomic E-state index is 0.0883. The monoisotopic (exact) mass is 300 g/mol. The largest absolute Gasteiger partial charge is 0.276 e. The lowest BCUT2D eigenvalue weighted by molar-refractivity contribution is 0.579. The zero-order valence-corrected chi connectivity index (χ0v) is 12.0. The van der Waals surface area contributed by atoms with Crippen molar-refractivity contribution >= 4 is 21.6 Å². The summed E-state index contributed by atoms with van der Waals surface area (Å²) in [5, 5.41) is 4.39. The van der Waals surface area contributed by atoms with Crippen LogP contribution in [0, 0.1) is 6.92 Å². The molecule has 0 fully saturated rings. The summed E-state index contributed by atoms with van der Waals surface area (Å²) in [4.78, 5) is 3.92. The van der Waals surface area contributed by atoms with Crippen molar-refractivity contribution in [2.75, 3.05) is 0 Å². The van der Waals surface area contributed by atoms with Crippen LogP contribution in [0.5, 0.6) is 0 Å². The zero-order valence-electron chi connectivity index (χ0n) is 10.5. The third-order valence-electron chi connectivity index (χ3n) is 2.51. The smallest absolute Gasteiger partial charge is 0.242 e. The third-order valence-corrected chi connectivity index (χ3v) is 4.28. The Hall–Kier alpha value is -1.44. The average molecular weight is 301 g/mol. The Morgan fingerprint density at radius 2 is 2.21 bits per heavy atom. The van der Waals surface area contributed by atoms with Crippen LogP contribution in [-0.2, 0) is 23.6 Å². The maximum Gasteiger partial charge on any atom is 0.242 e. The van der Waals surface area contributed by atoms with Gasteiger partial charge in [0.15, 0.2) is 0 Å². The molecule has 102 valence electrons. The van der Waals surface area contributed by atoms with Crippen molar-refractivity contribution in [3.63, 3.8) is 0 Å². The highest BCUT2D eigenvalue weighted by Gasteiger charge is 2.15. The van der Waals surface area contributed by atoms with E-state index in [9.17, 15) is 8.42 Å². The molecule has 0 radical (unpaired) electrons. The summed E-state index contributed by atoms with van der Waals surface area (Å²) in [5.41, 5.74) is 1.26. The van der Waals surface area contributed by atoms with Crippen LogP contribution in [0.25, 0.3) is 0 Å². The van der Waals surface area contributed by atoms with Gasteiger partial charge in [-0.15, -0.1) is 0 Å². The summed E-state index contributed by atoms with van der Waals surface area (Å²) >= 11 is 5.77. The number of nitrogens with zero attached hydrogens (tertiary/aromatic N) is 3. The number of pyridine rings is 1. The van der Waals surface area contributed by atoms with E-state index in [1.54, 1.807) is 30.9 Å². The van der Waals surface area contributed by atoms with E-state index in [1.807, 2.05) is 0 Å². The summed E-state index contributed by atoms with van der Waals surface area (Å²) in [6, 6.07) is 3.23. The Kier molecular flexibility index (Phi) is 3.88. The predicted octanol–water partition coefficient (Wildman–Crippen LogP) is 1.26. The molecule has 0 amide bonds. The van der Waals surface area contributed by atoms with Gasteiger partial charge in [-0.2, -0.15) is 5.10 Å². The summed E-state index contributed by atoms with van der Waals surface area (Å²) < 4.78 is 28.2. The van der Waals surface area contributed by atoms with Crippen LogP contribution in [0.1, 0.15) is 11.3 Å². The number of halogens is 1. The number of hydrogen-bond acceptors (Lipinski definition) is 4. The van der Waals surface area contributed by atoms with Gasteiger partial charge in [-0.25, -0.2) is 18.1 Å². The molecule has 0 spiro atoms. The first-order valence-corrected chi connectivity index (χ1v) is 7.35. The molecule has 2 heterocycles. The fraction of sp³-hybridized carbons (Fsp3) is 0.273. The Labute approximate surface area is 116 Å². The highest BCUT2D eigenvalue weighted by Crippen LogP contribution is 2.16. The van der Waals surface area contributed by atoms with E-state index in [1.165, 1.54) is 12.3 Å². The lowest BCUT2D eigenvalue weighted by atomic mass is 10.3. The molecule has 1 N–H and O–H groups in total. The molecule has 0 aliphatic rings. The first-order chi connectivity index (χ1) is 8.88. The van der Waals surface area contributed by atoms with Crippen molar-refractivity contribution in [1.82, 2.24) is 19.5 Å². The standard InChI is InChI=1S/C11H13ClN4O2S/c1-8-5-10(7-13-11(8)12)19(17,18)14-6-9-3-4-16(2)15-9/h3-5,7,14H,6H2,1-2H3. The summed E-state index contributed by atoms with van der Waals surface area (Å²) in [6.07, 6.45) is 2.98. The molecule has 2 aromatic rings. The lowest BCUT2D eigenvalue weighted by Crippen LogP contribution is -2.23. The highest BCUT2D eigenvalue weighted by molar-refractivity contribution is 7.89. The predicted molar refractivity (Wildman–Crippen MR) is 71.2 cm³/mol. The van der Waals surface area contributed by atoms with E-state index in [-0.39, 0.29) is 11.4 Å². The average Bonchev–Trinajstić information content (AvgIpc) is 2.76. The van der Waals surface area contributed by atoms with Crippen LogP contribution in [0.15, 0.2) is 29.4 Å². The molecular weight excluding hydrogens is 288 g/mol. The van der Waals surface area contributed by atoms with Gasteiger partial charge in [-0.05, 0) is 24.6 Å². The van der Waals surface area contributed by atoms with Crippen molar-refractivity contribution in [2.45, 2.75) is 18.4 Å². The van der Waals surface area contributed by atoms with E-state index in [4.69, 9.17) is 11.6 Å². The molecule has 2 rings (SSSR count). The highest BCUT2D eigenvalue weighted by atomic mass is 35.5. The van der Waals surface area contributed by atoms with Crippen molar-refractivity contribution in [3.8, 4) is 0 Å². The fourth-order valence-corrected chi connectivity index (χ4v) is 2.62. The van der Waals surface area contributed by atoms with Gasteiger partial charge in [0.2, 0.25) is 10.0 Å². The first-order valence-electron chi connectivity index (χ1n) is 5.49. The first kappa shape index (κ1) is 14.0. The van der Waals surface area contributed by atoms with Gasteiger partial charge < -0.3 is 0 Å². The minimum atomic E-state index is -3.61. The second kappa shape index (κ2) is 5.28. The number of nitrogens with one attached hydrogen (secondary N) is 1. The summed E-state index contributed by atoms with van der Waals surface area (Å²) in [6.45, 7) is 1.83. The topological polar surface area (TPSA) is 76.9 Å². The van der Waals surface area contributed by atoms with Crippen LogP contribution in [0.2, 0.25) is 5.15 Å². The molecule has 0 saturated heterocycles. The van der Waals surface area contributed by atoms with Crippen LogP contribution in [-0.4, -0.2) is 23.2 Å². The van der Waals surface area contributed by atoms with Crippen molar-refractivity contribution < 1.29 is 8.42 Å². The molecule has 0 aromatic carbocycles. The van der Waals surface area contributed by atoms with Crippen molar-refractivity contribution in [2.24, 2.45) is 7.05 Å². The van der Waals surface area contributed by atoms with Crippen molar-refractivity contribution in [3.05, 3.63) is 40.9 Å².